The summed E-state index contributed by atoms with van der Waals surface area (Å²) in [5.41, 5.74) is -1.63. The lowest BCUT2D eigenvalue weighted by molar-refractivity contribution is -0.937. The molecule has 0 spiro atoms. The van der Waals surface area contributed by atoms with Gasteiger partial charge in [0.2, 0.25) is 5.54 Å². The SMILES string of the molecule is N.O=C(O)C[N+](CC(=O)O)(CC(=O)O)C1(C(=O)O)C2CCCCC21. The first kappa shape index (κ1) is 19.8. The Bertz CT molecular complexity index is 508. The summed E-state index contributed by atoms with van der Waals surface area (Å²) in [7, 11) is 0. The van der Waals surface area contributed by atoms with Crippen molar-refractivity contribution in [3.8, 4) is 0 Å². The second-order valence-electron chi connectivity index (χ2n) is 6.43. The molecular weight excluding hydrogens is 324 g/mol. The van der Waals surface area contributed by atoms with E-state index < -0.39 is 53.5 Å². The second kappa shape index (κ2) is 6.73. The van der Waals surface area contributed by atoms with E-state index in [1.807, 2.05) is 0 Å². The zero-order valence-electron chi connectivity index (χ0n) is 13.2. The standard InChI is InChI=1S/C14H19NO8.H3N/c16-10(17)5-15(6-11(18)19,7-12(20)21)14(13(22)23)8-3-1-2-4-9(8)14;/h8-9H,1-7H2,(H3-,16,17,18,19,20,21,22,23);1H3/p+1. The minimum atomic E-state index is -1.63. The molecule has 0 radical (unpaired) electrons. The number of hydrogen-bond acceptors (Lipinski definition) is 5. The predicted molar refractivity (Wildman–Crippen MR) is 78.6 cm³/mol. The summed E-state index contributed by atoms with van der Waals surface area (Å²) < 4.78 is -0.975. The van der Waals surface area contributed by atoms with E-state index in [2.05, 4.69) is 0 Å². The first-order chi connectivity index (χ1) is 10.7. The third-order valence-corrected chi connectivity index (χ3v) is 5.23. The molecule has 2 atom stereocenters. The highest BCUT2D eigenvalue weighted by Crippen LogP contribution is 2.64. The van der Waals surface area contributed by atoms with Gasteiger partial charge in [-0.3, -0.25) is 4.48 Å². The van der Waals surface area contributed by atoms with Gasteiger partial charge in [0.1, 0.15) is 0 Å². The summed E-state index contributed by atoms with van der Waals surface area (Å²) in [6.45, 7) is -2.51. The van der Waals surface area contributed by atoms with Crippen molar-refractivity contribution >= 4 is 23.9 Å². The molecule has 0 bridgehead atoms. The Labute approximate surface area is 137 Å². The van der Waals surface area contributed by atoms with Crippen molar-refractivity contribution < 1.29 is 44.1 Å². The fourth-order valence-electron chi connectivity index (χ4n) is 4.65. The highest BCUT2D eigenvalue weighted by atomic mass is 16.4. The molecule has 0 aromatic rings. The molecule has 0 aromatic heterocycles. The Hall–Kier alpha value is -2.20. The molecule has 2 unspecified atom stereocenters. The molecule has 2 aliphatic rings. The van der Waals surface area contributed by atoms with Crippen LogP contribution < -0.4 is 6.15 Å². The zero-order valence-corrected chi connectivity index (χ0v) is 13.2. The van der Waals surface area contributed by atoms with Gasteiger partial charge in [0.15, 0.2) is 19.6 Å². The summed E-state index contributed by atoms with van der Waals surface area (Å²) in [4.78, 5) is 45.9. The van der Waals surface area contributed by atoms with Crippen molar-refractivity contribution in [3.05, 3.63) is 0 Å². The van der Waals surface area contributed by atoms with Gasteiger partial charge < -0.3 is 26.6 Å². The number of hydrogen-bond donors (Lipinski definition) is 5. The van der Waals surface area contributed by atoms with Crippen LogP contribution in [0.2, 0.25) is 0 Å². The maximum atomic E-state index is 12.0. The lowest BCUT2D eigenvalue weighted by Crippen LogP contribution is -2.68. The van der Waals surface area contributed by atoms with Gasteiger partial charge in [-0.1, -0.05) is 12.8 Å². The van der Waals surface area contributed by atoms with Crippen LogP contribution in [0.15, 0.2) is 0 Å². The minimum absolute atomic E-state index is 0. The molecule has 136 valence electrons. The zero-order chi connectivity index (χ0) is 17.4. The molecule has 2 saturated carbocycles. The van der Waals surface area contributed by atoms with E-state index in [-0.39, 0.29) is 18.0 Å². The fourth-order valence-corrected chi connectivity index (χ4v) is 4.65. The van der Waals surface area contributed by atoms with Gasteiger partial charge in [-0.15, -0.1) is 0 Å². The van der Waals surface area contributed by atoms with E-state index in [0.29, 0.717) is 12.8 Å². The van der Waals surface area contributed by atoms with Gasteiger partial charge in [-0.2, -0.15) is 0 Å². The van der Waals surface area contributed by atoms with Crippen molar-refractivity contribution in [2.75, 3.05) is 19.6 Å². The van der Waals surface area contributed by atoms with Crippen molar-refractivity contribution in [1.29, 1.82) is 0 Å². The van der Waals surface area contributed by atoms with Crippen LogP contribution in [0.4, 0.5) is 0 Å². The quantitative estimate of drug-likeness (QED) is 0.373. The van der Waals surface area contributed by atoms with Gasteiger partial charge in [-0.05, 0) is 12.8 Å². The Morgan fingerprint density at radius 2 is 1.12 bits per heavy atom. The van der Waals surface area contributed by atoms with Crippen LogP contribution in [0.1, 0.15) is 25.7 Å². The first-order valence-corrected chi connectivity index (χ1v) is 7.42. The smallest absolute Gasteiger partial charge is 0.366 e. The monoisotopic (exact) mass is 347 g/mol. The highest BCUT2D eigenvalue weighted by Gasteiger charge is 2.81. The number of aliphatic carboxylic acids is 4. The first-order valence-electron chi connectivity index (χ1n) is 7.42. The van der Waals surface area contributed by atoms with E-state index in [1.165, 1.54) is 0 Å². The van der Waals surface area contributed by atoms with E-state index >= 15 is 0 Å². The number of carbonyl (C=O) groups is 4. The molecule has 2 aliphatic carbocycles. The van der Waals surface area contributed by atoms with Crippen LogP contribution in [0.25, 0.3) is 0 Å². The van der Waals surface area contributed by atoms with Crippen LogP contribution >= 0.6 is 0 Å². The Morgan fingerprint density at radius 3 is 1.38 bits per heavy atom. The number of rotatable bonds is 8. The predicted octanol–water partition coefficient (Wildman–Crippen LogP) is -0.138. The third-order valence-electron chi connectivity index (χ3n) is 5.23. The molecule has 0 amide bonds. The molecule has 10 heteroatoms. The fraction of sp³-hybridized carbons (Fsp3) is 0.714. The van der Waals surface area contributed by atoms with Crippen LogP contribution in [0.5, 0.6) is 0 Å². The summed E-state index contributed by atoms with van der Waals surface area (Å²) in [5, 5.41) is 37.4. The minimum Gasteiger partial charge on any atom is -0.477 e. The molecular formula is C14H23N2O8+. The number of carboxylic acid groups (broad SMARTS) is 4. The van der Waals surface area contributed by atoms with E-state index in [0.717, 1.165) is 12.8 Å². The van der Waals surface area contributed by atoms with Gasteiger partial charge in [-0.25, -0.2) is 19.2 Å². The molecule has 2 rings (SSSR count). The topological polar surface area (TPSA) is 184 Å². The Kier molecular flexibility index (Phi) is 5.57. The Morgan fingerprint density at radius 1 is 0.792 bits per heavy atom. The summed E-state index contributed by atoms with van der Waals surface area (Å²) in [6.07, 6.45) is 2.67. The summed E-state index contributed by atoms with van der Waals surface area (Å²) in [5.74, 6) is -6.25. The average molecular weight is 347 g/mol. The lowest BCUT2D eigenvalue weighted by atomic mass is 10.0. The molecule has 0 aliphatic heterocycles. The van der Waals surface area contributed by atoms with E-state index in [4.69, 9.17) is 0 Å². The van der Waals surface area contributed by atoms with Crippen LogP contribution in [0, 0.1) is 11.8 Å². The highest BCUT2D eigenvalue weighted by molar-refractivity contribution is 5.85. The van der Waals surface area contributed by atoms with Crippen molar-refractivity contribution in [3.63, 3.8) is 0 Å². The third kappa shape index (κ3) is 2.94. The van der Waals surface area contributed by atoms with Crippen LogP contribution in [-0.2, 0) is 19.2 Å². The second-order valence-corrected chi connectivity index (χ2v) is 6.43. The van der Waals surface area contributed by atoms with Crippen LogP contribution in [0.3, 0.4) is 0 Å². The lowest BCUT2D eigenvalue weighted by Gasteiger charge is -2.41. The maximum Gasteiger partial charge on any atom is 0.366 e. The average Bonchev–Trinajstić information content (AvgIpc) is 3.06. The van der Waals surface area contributed by atoms with Crippen molar-refractivity contribution in [1.82, 2.24) is 6.15 Å². The number of nitrogens with zero attached hydrogens (tertiary/aromatic N) is 1. The Balaban J connectivity index is 0.00000288. The van der Waals surface area contributed by atoms with E-state index in [1.54, 1.807) is 0 Å². The number of quaternary nitrogens is 1. The van der Waals surface area contributed by atoms with Gasteiger partial charge in [0.25, 0.3) is 0 Å². The molecule has 10 nitrogen and oxygen atoms in total. The summed E-state index contributed by atoms with van der Waals surface area (Å²) in [6, 6.07) is 0. The van der Waals surface area contributed by atoms with Crippen LogP contribution in [-0.4, -0.2) is 74.0 Å². The molecule has 0 saturated heterocycles. The number of carboxylic acids is 4. The number of fused-ring (bicyclic) bond motifs is 1. The maximum absolute atomic E-state index is 12.0. The van der Waals surface area contributed by atoms with Gasteiger partial charge in [0, 0.05) is 11.8 Å². The molecule has 0 aromatic carbocycles. The van der Waals surface area contributed by atoms with Gasteiger partial charge in [0.05, 0.1) is 0 Å². The molecule has 2 fully saturated rings. The van der Waals surface area contributed by atoms with Gasteiger partial charge >= 0.3 is 23.9 Å². The largest absolute Gasteiger partial charge is 0.477 e. The van der Waals surface area contributed by atoms with E-state index in [9.17, 15) is 39.6 Å². The molecule has 24 heavy (non-hydrogen) atoms. The summed E-state index contributed by atoms with van der Waals surface area (Å²) >= 11 is 0. The molecule has 0 heterocycles. The van der Waals surface area contributed by atoms with Crippen molar-refractivity contribution in [2.24, 2.45) is 11.8 Å². The van der Waals surface area contributed by atoms with Crippen molar-refractivity contribution in [2.45, 2.75) is 31.2 Å². The molecule has 7 N–H and O–H groups in total. The normalized spacial score (nSPS) is 28.2.